The second kappa shape index (κ2) is 9.35. The van der Waals surface area contributed by atoms with Crippen molar-refractivity contribution < 1.29 is 5.11 Å². The normalized spacial score (nSPS) is 10.5. The molecule has 3 aromatic rings. The highest BCUT2D eigenvalue weighted by molar-refractivity contribution is 7.99. The van der Waals surface area contributed by atoms with Crippen molar-refractivity contribution in [1.29, 1.82) is 0 Å². The number of benzene rings is 1. The zero-order valence-corrected chi connectivity index (χ0v) is 16.5. The van der Waals surface area contributed by atoms with E-state index >= 15 is 0 Å². The van der Waals surface area contributed by atoms with Crippen LogP contribution in [0.4, 0.5) is 0 Å². The van der Waals surface area contributed by atoms with Crippen molar-refractivity contribution in [1.82, 2.24) is 9.97 Å². The molecule has 0 saturated heterocycles. The number of aliphatic hydroxyl groups is 1. The van der Waals surface area contributed by atoms with Crippen LogP contribution < -0.4 is 5.73 Å². The van der Waals surface area contributed by atoms with E-state index < -0.39 is 0 Å². The zero-order valence-electron chi connectivity index (χ0n) is 14.1. The van der Waals surface area contributed by atoms with Crippen molar-refractivity contribution in [2.75, 3.05) is 0 Å². The van der Waals surface area contributed by atoms with Crippen molar-refractivity contribution >= 4 is 35.8 Å². The average Bonchev–Trinajstić information content (AvgIpc) is 2.63. The molecule has 0 aliphatic carbocycles. The summed E-state index contributed by atoms with van der Waals surface area (Å²) in [5, 5.41) is 10.8. The number of aliphatic hydroxyl groups excluding tert-OH is 1. The Morgan fingerprint density at radius 2 is 1.88 bits per heavy atom. The lowest BCUT2D eigenvalue weighted by Gasteiger charge is -2.14. The monoisotopic (exact) mass is 407 g/mol. The van der Waals surface area contributed by atoms with Crippen LogP contribution in [0.3, 0.4) is 0 Å². The topological polar surface area (TPSA) is 72.0 Å². The smallest absolute Gasteiger partial charge is 0.106 e. The lowest BCUT2D eigenvalue weighted by atomic mass is 10.0. The van der Waals surface area contributed by atoms with Crippen LogP contribution in [0.2, 0.25) is 5.02 Å². The van der Waals surface area contributed by atoms with Crippen LogP contribution in [0.5, 0.6) is 0 Å². The molecule has 0 aliphatic heterocycles. The SMILES string of the molecule is Cc1cc(-c2cc(Cl)c(Sc3ncccc3CO)c(CN)c2)ccn1.Cl. The van der Waals surface area contributed by atoms with Gasteiger partial charge in [-0.2, -0.15) is 0 Å². The molecule has 7 heteroatoms. The van der Waals surface area contributed by atoms with Crippen LogP contribution in [-0.4, -0.2) is 15.1 Å². The second-order valence-corrected chi connectivity index (χ2v) is 6.97. The van der Waals surface area contributed by atoms with E-state index in [4.69, 9.17) is 17.3 Å². The van der Waals surface area contributed by atoms with Crippen molar-refractivity contribution in [3.63, 3.8) is 0 Å². The van der Waals surface area contributed by atoms with Gasteiger partial charge < -0.3 is 10.8 Å². The van der Waals surface area contributed by atoms with Crippen LogP contribution >= 0.6 is 35.8 Å². The van der Waals surface area contributed by atoms with E-state index in [1.807, 2.05) is 37.3 Å². The van der Waals surface area contributed by atoms with Gasteiger partial charge in [-0.05, 0) is 53.9 Å². The summed E-state index contributed by atoms with van der Waals surface area (Å²) in [6.07, 6.45) is 3.48. The summed E-state index contributed by atoms with van der Waals surface area (Å²) in [7, 11) is 0. The van der Waals surface area contributed by atoms with E-state index in [-0.39, 0.29) is 19.0 Å². The van der Waals surface area contributed by atoms with Gasteiger partial charge in [0.25, 0.3) is 0 Å². The van der Waals surface area contributed by atoms with Gasteiger partial charge in [0.1, 0.15) is 5.03 Å². The first-order valence-electron chi connectivity index (χ1n) is 7.80. The molecule has 0 atom stereocenters. The van der Waals surface area contributed by atoms with Gasteiger partial charge in [0.15, 0.2) is 0 Å². The Morgan fingerprint density at radius 1 is 1.08 bits per heavy atom. The molecule has 3 rings (SSSR count). The van der Waals surface area contributed by atoms with Crippen LogP contribution in [-0.2, 0) is 13.2 Å². The Kier molecular flexibility index (Phi) is 7.43. The summed E-state index contributed by atoms with van der Waals surface area (Å²) in [6, 6.07) is 11.6. The first kappa shape index (κ1) is 20.7. The molecule has 1 aromatic carbocycles. The van der Waals surface area contributed by atoms with E-state index in [9.17, 15) is 5.11 Å². The van der Waals surface area contributed by atoms with Gasteiger partial charge >= 0.3 is 0 Å². The molecule has 2 aromatic heterocycles. The molecule has 26 heavy (non-hydrogen) atoms. The lowest BCUT2D eigenvalue weighted by Crippen LogP contribution is -2.01. The van der Waals surface area contributed by atoms with Crippen molar-refractivity contribution in [3.8, 4) is 11.1 Å². The highest BCUT2D eigenvalue weighted by atomic mass is 35.5. The Bertz CT molecular complexity index is 906. The number of hydrogen-bond donors (Lipinski definition) is 2. The molecule has 2 heterocycles. The zero-order chi connectivity index (χ0) is 17.8. The van der Waals surface area contributed by atoms with E-state index in [0.717, 1.165) is 37.9 Å². The minimum atomic E-state index is -0.0693. The molecule has 0 spiro atoms. The minimum Gasteiger partial charge on any atom is -0.392 e. The van der Waals surface area contributed by atoms with E-state index in [0.29, 0.717) is 11.6 Å². The van der Waals surface area contributed by atoms with Crippen molar-refractivity contribution in [2.24, 2.45) is 5.73 Å². The molecular formula is C19H19Cl2N3OS. The molecular weight excluding hydrogens is 389 g/mol. The number of aryl methyl sites for hydroxylation is 1. The van der Waals surface area contributed by atoms with Crippen molar-refractivity contribution in [2.45, 2.75) is 30.0 Å². The molecule has 0 bridgehead atoms. The van der Waals surface area contributed by atoms with Gasteiger partial charge in [-0.15, -0.1) is 12.4 Å². The molecule has 4 nitrogen and oxygen atoms in total. The predicted octanol–water partition coefficient (Wildman–Crippen LogP) is 4.63. The Labute approximate surface area is 168 Å². The maximum atomic E-state index is 9.49. The Balaban J connectivity index is 0.00000243. The van der Waals surface area contributed by atoms with E-state index in [1.54, 1.807) is 18.5 Å². The fraction of sp³-hybridized carbons (Fsp3) is 0.158. The van der Waals surface area contributed by atoms with Gasteiger partial charge in [0, 0.05) is 35.1 Å². The number of nitrogens with two attached hydrogens (primary N) is 1. The summed E-state index contributed by atoms with van der Waals surface area (Å²) in [6.45, 7) is 2.25. The molecule has 0 saturated carbocycles. The first-order chi connectivity index (χ1) is 12.1. The van der Waals surface area contributed by atoms with Gasteiger partial charge in [0.05, 0.1) is 11.6 Å². The maximum absolute atomic E-state index is 9.49. The summed E-state index contributed by atoms with van der Waals surface area (Å²) in [5.41, 5.74) is 10.7. The van der Waals surface area contributed by atoms with Crippen LogP contribution in [0.25, 0.3) is 11.1 Å². The lowest BCUT2D eigenvalue weighted by molar-refractivity contribution is 0.278. The molecule has 0 radical (unpaired) electrons. The van der Waals surface area contributed by atoms with Crippen LogP contribution in [0, 0.1) is 6.92 Å². The maximum Gasteiger partial charge on any atom is 0.106 e. The number of nitrogens with zero attached hydrogens (tertiary/aromatic N) is 2. The van der Waals surface area contributed by atoms with Crippen LogP contribution in [0.15, 0.2) is 58.7 Å². The van der Waals surface area contributed by atoms with Gasteiger partial charge in [-0.25, -0.2) is 4.98 Å². The standard InChI is InChI=1S/C19H18ClN3OS.ClH/c1-12-7-13(4-6-22-12)15-8-16(10-21)18(17(20)9-15)25-19-14(11-24)3-2-5-23-19;/h2-9,24H,10-11,21H2,1H3;1H. The van der Waals surface area contributed by atoms with Gasteiger partial charge in [-0.3, -0.25) is 4.98 Å². The molecule has 0 aliphatic rings. The van der Waals surface area contributed by atoms with Crippen LogP contribution in [0.1, 0.15) is 16.8 Å². The summed E-state index contributed by atoms with van der Waals surface area (Å²) in [4.78, 5) is 9.45. The largest absolute Gasteiger partial charge is 0.392 e. The van der Waals surface area contributed by atoms with E-state index in [2.05, 4.69) is 9.97 Å². The molecule has 136 valence electrons. The summed E-state index contributed by atoms with van der Waals surface area (Å²) in [5.74, 6) is 0. The fourth-order valence-corrected chi connectivity index (χ4v) is 3.90. The minimum absolute atomic E-state index is 0. The number of pyridine rings is 2. The third-order valence-electron chi connectivity index (χ3n) is 3.79. The number of aromatic nitrogens is 2. The third kappa shape index (κ3) is 4.55. The molecule has 0 unspecified atom stereocenters. The van der Waals surface area contributed by atoms with Gasteiger partial charge in [0.2, 0.25) is 0 Å². The molecule has 0 fully saturated rings. The highest BCUT2D eigenvalue weighted by Crippen LogP contribution is 2.39. The third-order valence-corrected chi connectivity index (χ3v) is 5.45. The molecule has 3 N–H and O–H groups in total. The number of rotatable bonds is 5. The Hall–Kier alpha value is -1.63. The quantitative estimate of drug-likeness (QED) is 0.644. The fourth-order valence-electron chi connectivity index (χ4n) is 2.54. The Morgan fingerprint density at radius 3 is 2.58 bits per heavy atom. The van der Waals surface area contributed by atoms with E-state index in [1.165, 1.54) is 11.8 Å². The highest BCUT2D eigenvalue weighted by Gasteiger charge is 2.14. The average molecular weight is 408 g/mol. The van der Waals surface area contributed by atoms with Crippen molar-refractivity contribution in [3.05, 3.63) is 70.6 Å². The molecule has 0 amide bonds. The summed E-state index contributed by atoms with van der Waals surface area (Å²) < 4.78 is 0. The predicted molar refractivity (Wildman–Crippen MR) is 109 cm³/mol. The summed E-state index contributed by atoms with van der Waals surface area (Å²) >= 11 is 7.99. The second-order valence-electron chi connectivity index (χ2n) is 5.56. The number of hydrogen-bond acceptors (Lipinski definition) is 5. The number of halogens is 2. The first-order valence-corrected chi connectivity index (χ1v) is 9.00. The van der Waals surface area contributed by atoms with Gasteiger partial charge in [-0.1, -0.05) is 29.4 Å².